The number of esters is 2. The monoisotopic (exact) mass is 326 g/mol. The summed E-state index contributed by atoms with van der Waals surface area (Å²) in [7, 11) is 0. The van der Waals surface area contributed by atoms with Gasteiger partial charge in [-0.15, -0.1) is 0 Å². The Morgan fingerprint density at radius 2 is 1.17 bits per heavy atom. The van der Waals surface area contributed by atoms with Crippen LogP contribution in [0.4, 0.5) is 0 Å². The van der Waals surface area contributed by atoms with Gasteiger partial charge in [0, 0.05) is 0 Å². The van der Waals surface area contributed by atoms with Gasteiger partial charge in [0.25, 0.3) is 0 Å². The first-order chi connectivity index (χ1) is 10.8. The predicted molar refractivity (Wildman–Crippen MR) is 90.8 cm³/mol. The lowest BCUT2D eigenvalue weighted by atomic mass is 9.85. The molecule has 0 aromatic carbocycles. The minimum absolute atomic E-state index is 0.215. The lowest BCUT2D eigenvalue weighted by molar-refractivity contribution is -0.163. The van der Waals surface area contributed by atoms with Gasteiger partial charge in [0.2, 0.25) is 0 Å². The topological polar surface area (TPSA) is 52.6 Å². The number of hydrogen-bond acceptors (Lipinski definition) is 4. The Bertz CT molecular complexity index is 353. The number of rotatable bonds is 8. The lowest BCUT2D eigenvalue weighted by Gasteiger charge is -2.24. The fraction of sp³-hybridized carbons (Fsp3) is 0.895. The van der Waals surface area contributed by atoms with Crippen molar-refractivity contribution in [3.63, 3.8) is 0 Å². The summed E-state index contributed by atoms with van der Waals surface area (Å²) < 4.78 is 10.9. The summed E-state index contributed by atoms with van der Waals surface area (Å²) in [4.78, 5) is 25.2. The van der Waals surface area contributed by atoms with Gasteiger partial charge < -0.3 is 9.47 Å². The zero-order valence-corrected chi connectivity index (χ0v) is 15.6. The second-order valence-electron chi connectivity index (χ2n) is 7.67. The molecule has 134 valence electrons. The molecule has 0 aromatic rings. The molecule has 4 nitrogen and oxygen atoms in total. The van der Waals surface area contributed by atoms with E-state index in [2.05, 4.69) is 13.8 Å². The number of carbonyl (C=O) groups excluding carboxylic acids is 2. The van der Waals surface area contributed by atoms with Crippen LogP contribution in [0.25, 0.3) is 0 Å². The van der Waals surface area contributed by atoms with Crippen molar-refractivity contribution in [1.29, 1.82) is 0 Å². The molecule has 0 heterocycles. The number of carbonyl (C=O) groups is 2. The zero-order valence-electron chi connectivity index (χ0n) is 15.6. The molecule has 0 bridgehead atoms. The van der Waals surface area contributed by atoms with Gasteiger partial charge in [0.1, 0.15) is 0 Å². The van der Waals surface area contributed by atoms with Crippen LogP contribution in [-0.2, 0) is 19.1 Å². The summed E-state index contributed by atoms with van der Waals surface area (Å²) in [5, 5.41) is 0. The van der Waals surface area contributed by atoms with E-state index in [1.807, 2.05) is 27.7 Å². The third-order valence-electron chi connectivity index (χ3n) is 4.72. The van der Waals surface area contributed by atoms with Gasteiger partial charge in [0.15, 0.2) is 0 Å². The fourth-order valence-corrected chi connectivity index (χ4v) is 3.48. The van der Waals surface area contributed by atoms with Crippen molar-refractivity contribution in [2.45, 2.75) is 60.8 Å². The summed E-state index contributed by atoms with van der Waals surface area (Å²) in [5.74, 6) is -0.0809. The molecule has 0 aliphatic heterocycles. The highest BCUT2D eigenvalue weighted by atomic mass is 16.5. The van der Waals surface area contributed by atoms with Crippen LogP contribution in [0.1, 0.15) is 60.8 Å². The van der Waals surface area contributed by atoms with Crippen LogP contribution in [0.15, 0.2) is 0 Å². The summed E-state index contributed by atoms with van der Waals surface area (Å²) in [5.41, 5.74) is 0. The summed E-state index contributed by atoms with van der Waals surface area (Å²) in [6, 6.07) is 0. The lowest BCUT2D eigenvalue weighted by Crippen LogP contribution is -2.35. The molecule has 0 radical (unpaired) electrons. The molecule has 23 heavy (non-hydrogen) atoms. The molecule has 1 saturated carbocycles. The molecule has 4 atom stereocenters. The highest BCUT2D eigenvalue weighted by molar-refractivity contribution is 5.83. The average Bonchev–Trinajstić information content (AvgIpc) is 2.88. The van der Waals surface area contributed by atoms with E-state index in [9.17, 15) is 9.59 Å². The van der Waals surface area contributed by atoms with Crippen molar-refractivity contribution in [1.82, 2.24) is 0 Å². The van der Waals surface area contributed by atoms with Crippen LogP contribution in [-0.4, -0.2) is 25.2 Å². The summed E-state index contributed by atoms with van der Waals surface area (Å²) in [6.45, 7) is 13.1. The Morgan fingerprint density at radius 3 is 1.43 bits per heavy atom. The molecular weight excluding hydrogens is 292 g/mol. The first kappa shape index (κ1) is 20.0. The molecule has 1 aliphatic carbocycles. The van der Waals surface area contributed by atoms with Gasteiger partial charge in [-0.1, -0.05) is 54.4 Å². The van der Waals surface area contributed by atoms with Crippen LogP contribution >= 0.6 is 0 Å². The minimum Gasteiger partial charge on any atom is -0.465 e. The quantitative estimate of drug-likeness (QED) is 0.631. The van der Waals surface area contributed by atoms with Gasteiger partial charge >= 0.3 is 11.9 Å². The standard InChI is InChI=1S/C19H34O4/c1-7-14-9-15(8-2)17(19(21)23-11-13(5)6)16(14)18(20)22-10-12(3)4/h12-17H,7-11H2,1-6H3. The van der Waals surface area contributed by atoms with E-state index < -0.39 is 0 Å². The van der Waals surface area contributed by atoms with Gasteiger partial charge in [-0.3, -0.25) is 9.59 Å². The predicted octanol–water partition coefficient (Wildman–Crippen LogP) is 4.07. The third-order valence-corrected chi connectivity index (χ3v) is 4.72. The largest absolute Gasteiger partial charge is 0.465 e. The Balaban J connectivity index is 2.89. The average molecular weight is 326 g/mol. The Kier molecular flexibility index (Phi) is 8.07. The van der Waals surface area contributed by atoms with E-state index >= 15 is 0 Å². The number of hydrogen-bond donors (Lipinski definition) is 0. The highest BCUT2D eigenvalue weighted by Gasteiger charge is 2.50. The SMILES string of the molecule is CCC1CC(CC)C(C(=O)OCC(C)C)C1C(=O)OCC(C)C. The van der Waals surface area contributed by atoms with Crippen molar-refractivity contribution in [3.8, 4) is 0 Å². The number of ether oxygens (including phenoxy) is 2. The van der Waals surface area contributed by atoms with Crippen molar-refractivity contribution >= 4 is 11.9 Å². The highest BCUT2D eigenvalue weighted by Crippen LogP contribution is 2.46. The minimum atomic E-state index is -0.344. The van der Waals surface area contributed by atoms with E-state index in [0.717, 1.165) is 19.3 Å². The van der Waals surface area contributed by atoms with Crippen molar-refractivity contribution in [2.24, 2.45) is 35.5 Å². The summed E-state index contributed by atoms with van der Waals surface area (Å²) in [6.07, 6.45) is 2.70. The van der Waals surface area contributed by atoms with Crippen LogP contribution < -0.4 is 0 Å². The molecule has 0 amide bonds. The van der Waals surface area contributed by atoms with Gasteiger partial charge in [-0.25, -0.2) is 0 Å². The van der Waals surface area contributed by atoms with E-state index in [4.69, 9.17) is 9.47 Å². The fourth-order valence-electron chi connectivity index (χ4n) is 3.48. The second kappa shape index (κ2) is 9.29. The molecule has 4 unspecified atom stereocenters. The Labute approximate surface area is 141 Å². The van der Waals surface area contributed by atoms with E-state index in [1.54, 1.807) is 0 Å². The molecular formula is C19H34O4. The molecule has 0 aromatic heterocycles. The first-order valence-electron chi connectivity index (χ1n) is 9.14. The normalized spacial score (nSPS) is 27.5. The first-order valence-corrected chi connectivity index (χ1v) is 9.14. The van der Waals surface area contributed by atoms with E-state index in [0.29, 0.717) is 25.0 Å². The second-order valence-corrected chi connectivity index (χ2v) is 7.67. The molecule has 1 fully saturated rings. The summed E-state index contributed by atoms with van der Waals surface area (Å²) >= 11 is 0. The Morgan fingerprint density at radius 1 is 0.826 bits per heavy atom. The van der Waals surface area contributed by atoms with Crippen LogP contribution in [0.5, 0.6) is 0 Å². The van der Waals surface area contributed by atoms with Gasteiger partial charge in [-0.2, -0.15) is 0 Å². The van der Waals surface area contributed by atoms with E-state index in [1.165, 1.54) is 0 Å². The van der Waals surface area contributed by atoms with Crippen LogP contribution in [0.2, 0.25) is 0 Å². The zero-order chi connectivity index (χ0) is 17.6. The molecule has 1 rings (SSSR count). The maximum Gasteiger partial charge on any atom is 0.310 e. The van der Waals surface area contributed by atoms with Gasteiger partial charge in [-0.05, 0) is 30.1 Å². The van der Waals surface area contributed by atoms with E-state index in [-0.39, 0.29) is 35.6 Å². The van der Waals surface area contributed by atoms with Crippen LogP contribution in [0.3, 0.4) is 0 Å². The molecule has 0 spiro atoms. The third kappa shape index (κ3) is 5.50. The molecule has 1 aliphatic rings. The van der Waals surface area contributed by atoms with Crippen molar-refractivity contribution in [3.05, 3.63) is 0 Å². The maximum atomic E-state index is 12.6. The van der Waals surface area contributed by atoms with Gasteiger partial charge in [0.05, 0.1) is 25.0 Å². The molecule has 0 N–H and O–H groups in total. The van der Waals surface area contributed by atoms with Crippen LogP contribution in [0, 0.1) is 35.5 Å². The van der Waals surface area contributed by atoms with Crippen molar-refractivity contribution < 1.29 is 19.1 Å². The Hall–Kier alpha value is -1.06. The smallest absolute Gasteiger partial charge is 0.310 e. The van der Waals surface area contributed by atoms with Crippen molar-refractivity contribution in [2.75, 3.05) is 13.2 Å². The maximum absolute atomic E-state index is 12.6. The molecule has 0 saturated heterocycles. The molecule has 4 heteroatoms.